The third-order valence-corrected chi connectivity index (χ3v) is 9.69. The summed E-state index contributed by atoms with van der Waals surface area (Å²) >= 11 is 0. The van der Waals surface area contributed by atoms with Crippen molar-refractivity contribution in [2.24, 2.45) is 0 Å². The summed E-state index contributed by atoms with van der Waals surface area (Å²) in [6, 6.07) is 0. The minimum absolute atomic E-state index is 0. The van der Waals surface area contributed by atoms with E-state index in [0.29, 0.717) is 0 Å². The molecule has 0 heterocycles. The summed E-state index contributed by atoms with van der Waals surface area (Å²) in [5.41, 5.74) is -0.745. The van der Waals surface area contributed by atoms with Crippen LogP contribution in [0.15, 0.2) is 0 Å². The first kappa shape index (κ1) is 25.5. The number of carbonyl (C=O) groups is 1. The summed E-state index contributed by atoms with van der Waals surface area (Å²) < 4.78 is 33.8. The minimum atomic E-state index is -3.84. The largest absolute Gasteiger partial charge is 1.00 e. The van der Waals surface area contributed by atoms with Gasteiger partial charge in [-0.05, 0) is 38.9 Å². The Morgan fingerprint density at radius 2 is 1.39 bits per heavy atom. The Bertz CT molecular complexity index is 434. The van der Waals surface area contributed by atoms with Crippen molar-refractivity contribution in [2.45, 2.75) is 65.3 Å². The van der Waals surface area contributed by atoms with Crippen molar-refractivity contribution < 1.29 is 46.4 Å². The molecule has 0 saturated carbocycles. The van der Waals surface area contributed by atoms with Crippen LogP contribution in [0.1, 0.15) is 41.5 Å². The molecule has 0 atom stereocenters. The van der Waals surface area contributed by atoms with Gasteiger partial charge in [-0.3, -0.25) is 9.36 Å². The summed E-state index contributed by atoms with van der Waals surface area (Å²) in [5, 5.41) is -0.188. The van der Waals surface area contributed by atoms with Gasteiger partial charge in [0.1, 0.15) is 5.60 Å². The Kier molecular flexibility index (Phi) is 9.51. The van der Waals surface area contributed by atoms with Crippen LogP contribution in [0.25, 0.3) is 0 Å². The maximum Gasteiger partial charge on any atom is 1.00 e. The fourth-order valence-corrected chi connectivity index (χ4v) is 3.92. The van der Waals surface area contributed by atoms with Gasteiger partial charge in [0.15, 0.2) is 8.32 Å². The van der Waals surface area contributed by atoms with Gasteiger partial charge in [-0.1, -0.05) is 26.6 Å². The normalized spacial score (nSPS) is 13.3. The fraction of sp³-hybridized carbons (Fsp3) is 0.857. The molecule has 0 aromatic heterocycles. The minimum Gasteiger partial charge on any atom is -0.550 e. The molecule has 6 nitrogen and oxygen atoms in total. The Labute approximate surface area is 153 Å². The topological polar surface area (TPSA) is 71.1 Å². The third-order valence-electron chi connectivity index (χ3n) is 3.46. The number of ether oxygens (including phenoxy) is 1. The molecule has 0 spiro atoms. The first-order chi connectivity index (χ1) is 9.59. The van der Waals surface area contributed by atoms with E-state index in [2.05, 4.69) is 0 Å². The van der Waals surface area contributed by atoms with Gasteiger partial charge in [0, 0.05) is 14.2 Å². The molecule has 0 N–H and O–H groups in total. The van der Waals surface area contributed by atoms with E-state index >= 15 is 0 Å². The summed E-state index contributed by atoms with van der Waals surface area (Å²) in [5.74, 6) is -1.19. The van der Waals surface area contributed by atoms with E-state index in [1.54, 1.807) is 20.8 Å². The van der Waals surface area contributed by atoms with Crippen molar-refractivity contribution in [3.05, 3.63) is 5.85 Å². The molecular weight excluding hydrogens is 330 g/mol. The summed E-state index contributed by atoms with van der Waals surface area (Å²) in [6.07, 6.45) is 0. The van der Waals surface area contributed by atoms with E-state index in [-0.39, 0.29) is 29.7 Å². The number of carbonyl (C=O) groups excluding carboxylic acids is 1. The maximum absolute atomic E-state index is 12.7. The number of hydrogen-bond donors (Lipinski definition) is 0. The van der Waals surface area contributed by atoms with Gasteiger partial charge in [-0.15, -0.1) is 0 Å². The fourth-order valence-electron chi connectivity index (χ4n) is 1.17. The Morgan fingerprint density at radius 1 is 1.00 bits per heavy atom. The molecule has 0 aliphatic rings. The van der Waals surface area contributed by atoms with Crippen molar-refractivity contribution in [3.8, 4) is 0 Å². The van der Waals surface area contributed by atoms with Crippen molar-refractivity contribution in [1.82, 2.24) is 0 Å². The van der Waals surface area contributed by atoms with Crippen LogP contribution in [-0.2, 0) is 27.6 Å². The number of esters is 1. The molecule has 0 fully saturated rings. The molecule has 0 rings (SSSR count). The summed E-state index contributed by atoms with van der Waals surface area (Å²) in [6.45, 7) is 15.1. The van der Waals surface area contributed by atoms with Crippen LogP contribution in [0.2, 0.25) is 18.1 Å². The average molecular weight is 360 g/mol. The Balaban J connectivity index is 0. The molecule has 23 heavy (non-hydrogen) atoms. The second-order valence-corrected chi connectivity index (χ2v) is 14.4. The van der Waals surface area contributed by atoms with Gasteiger partial charge in [0.25, 0.3) is 0 Å². The van der Waals surface area contributed by atoms with Crippen molar-refractivity contribution >= 4 is 21.9 Å². The van der Waals surface area contributed by atoms with Gasteiger partial charge in [-0.2, -0.15) is 0 Å². The van der Waals surface area contributed by atoms with E-state index < -0.39 is 27.5 Å². The molecule has 0 aromatic rings. The zero-order valence-electron chi connectivity index (χ0n) is 16.4. The van der Waals surface area contributed by atoms with Gasteiger partial charge in [0.05, 0.1) is 0 Å². The number of hydrogen-bond acceptors (Lipinski definition) is 6. The first-order valence-corrected chi connectivity index (χ1v) is 11.6. The molecule has 0 bridgehead atoms. The standard InChI is InChI=1S/C14H30O6PSi.Li/c1-13(2,3)19-11(15)12(21(16,17-7)18-8)20-22(9,10)14(4,5)6;/h1-10H3;/q-1;+1. The molecule has 0 aliphatic heterocycles. The molecule has 0 unspecified atom stereocenters. The predicted molar refractivity (Wildman–Crippen MR) is 89.0 cm³/mol. The molecule has 0 amide bonds. The predicted octanol–water partition coefficient (Wildman–Crippen LogP) is 1.33. The first-order valence-electron chi connectivity index (χ1n) is 7.11. The average Bonchev–Trinajstić information content (AvgIpc) is 2.31. The maximum atomic E-state index is 12.7. The van der Waals surface area contributed by atoms with Gasteiger partial charge >= 0.3 is 18.9 Å². The van der Waals surface area contributed by atoms with Crippen LogP contribution in [0, 0.1) is 5.85 Å². The zero-order chi connectivity index (χ0) is 18.0. The van der Waals surface area contributed by atoms with Crippen LogP contribution in [0.3, 0.4) is 0 Å². The van der Waals surface area contributed by atoms with E-state index in [1.165, 1.54) is 14.2 Å². The molecule has 0 saturated heterocycles. The summed E-state index contributed by atoms with van der Waals surface area (Å²) in [4.78, 5) is 12.4. The Morgan fingerprint density at radius 3 is 1.65 bits per heavy atom. The van der Waals surface area contributed by atoms with Crippen LogP contribution in [-0.4, -0.2) is 34.1 Å². The van der Waals surface area contributed by atoms with E-state index in [0.717, 1.165) is 0 Å². The van der Waals surface area contributed by atoms with Gasteiger partial charge in [0.2, 0.25) is 13.6 Å². The number of rotatable bonds is 6. The molecule has 9 heteroatoms. The van der Waals surface area contributed by atoms with Crippen molar-refractivity contribution in [2.75, 3.05) is 14.2 Å². The van der Waals surface area contributed by atoms with Crippen molar-refractivity contribution in [3.63, 3.8) is 0 Å². The zero-order valence-corrected chi connectivity index (χ0v) is 18.3. The van der Waals surface area contributed by atoms with Gasteiger partial charge in [-0.25, -0.2) is 0 Å². The van der Waals surface area contributed by atoms with E-state index in [4.69, 9.17) is 18.2 Å². The smallest absolute Gasteiger partial charge is 0.550 e. The van der Waals surface area contributed by atoms with E-state index in [9.17, 15) is 9.36 Å². The van der Waals surface area contributed by atoms with Gasteiger partial charge < -0.3 is 18.2 Å². The third kappa shape index (κ3) is 7.35. The molecule has 132 valence electrons. The molecule has 0 radical (unpaired) electrons. The molecular formula is C14H30LiO6PSi. The van der Waals surface area contributed by atoms with Crippen molar-refractivity contribution in [1.29, 1.82) is 0 Å². The van der Waals surface area contributed by atoms with Crippen LogP contribution in [0.5, 0.6) is 0 Å². The Hall–Kier alpha value is 0.264. The second-order valence-electron chi connectivity index (χ2n) is 7.53. The second kappa shape index (κ2) is 8.57. The summed E-state index contributed by atoms with van der Waals surface area (Å²) in [7, 11) is -3.84. The SMILES string of the molecule is COP(=O)(OC)[C-](O[Si](C)(C)C(C)(C)C)C(=O)OC(C)(C)C.[Li+]. The van der Waals surface area contributed by atoms with Crippen LogP contribution < -0.4 is 18.9 Å². The monoisotopic (exact) mass is 360 g/mol. The molecule has 0 aliphatic carbocycles. The molecule has 0 aromatic carbocycles. The van der Waals surface area contributed by atoms with E-state index in [1.807, 2.05) is 33.9 Å². The quantitative estimate of drug-likeness (QED) is 0.308. The van der Waals surface area contributed by atoms with Crippen LogP contribution >= 0.6 is 7.60 Å². The van der Waals surface area contributed by atoms with Crippen LogP contribution in [0.4, 0.5) is 0 Å².